The van der Waals surface area contributed by atoms with Gasteiger partial charge in [-0.2, -0.15) is 0 Å². The lowest BCUT2D eigenvalue weighted by Gasteiger charge is -2.10. The summed E-state index contributed by atoms with van der Waals surface area (Å²) < 4.78 is 12.1. The van der Waals surface area contributed by atoms with Crippen LogP contribution in [0, 0.1) is 13.8 Å². The number of rotatable bonds is 3. The number of esters is 2. The Bertz CT molecular complexity index is 718. The molecule has 0 aliphatic carbocycles. The van der Waals surface area contributed by atoms with Crippen LogP contribution in [0.5, 0.6) is 0 Å². The Morgan fingerprint density at radius 1 is 1.27 bits per heavy atom. The highest BCUT2D eigenvalue weighted by Crippen LogP contribution is 2.22. The Morgan fingerprint density at radius 2 is 2.00 bits per heavy atom. The molecule has 2 aromatic rings. The number of carbonyl (C=O) groups excluding carboxylic acids is 2. The van der Waals surface area contributed by atoms with Crippen LogP contribution in [0.1, 0.15) is 28.2 Å². The first-order valence-corrected chi connectivity index (χ1v) is 7.20. The van der Waals surface area contributed by atoms with Gasteiger partial charge in [0.1, 0.15) is 0 Å². The van der Waals surface area contributed by atoms with Gasteiger partial charge >= 0.3 is 11.9 Å². The van der Waals surface area contributed by atoms with Crippen molar-refractivity contribution in [2.24, 2.45) is 0 Å². The normalized spacial score (nSPS) is 17.4. The molecule has 1 aliphatic heterocycles. The molecule has 0 saturated carbocycles. The monoisotopic (exact) mass is 299 g/mol. The molecular weight excluding hydrogens is 282 g/mol. The van der Waals surface area contributed by atoms with E-state index >= 15 is 0 Å². The molecule has 3 rings (SSSR count). The van der Waals surface area contributed by atoms with E-state index in [9.17, 15) is 9.59 Å². The van der Waals surface area contributed by atoms with Crippen LogP contribution < -0.4 is 0 Å². The highest BCUT2D eigenvalue weighted by Gasteiger charge is 2.31. The van der Waals surface area contributed by atoms with Gasteiger partial charge in [-0.1, -0.05) is 18.2 Å². The Balaban J connectivity index is 1.89. The molecule has 1 aromatic carbocycles. The van der Waals surface area contributed by atoms with E-state index in [4.69, 9.17) is 9.47 Å². The maximum atomic E-state index is 12.3. The van der Waals surface area contributed by atoms with Crippen LogP contribution in [0.4, 0.5) is 0 Å². The number of hydrogen-bond acceptors (Lipinski definition) is 4. The second kappa shape index (κ2) is 5.67. The van der Waals surface area contributed by atoms with Crippen LogP contribution in [-0.2, 0) is 14.3 Å². The smallest absolute Gasteiger partial charge is 0.347 e. The molecule has 1 atom stereocenters. The summed E-state index contributed by atoms with van der Waals surface area (Å²) in [4.78, 5) is 23.7. The SMILES string of the molecule is Cc1cc(C(=O)O[C@H]2CCOC2=O)c(C)n1-c1ccccc1. The zero-order valence-corrected chi connectivity index (χ0v) is 12.5. The quantitative estimate of drug-likeness (QED) is 0.817. The van der Waals surface area contributed by atoms with E-state index in [2.05, 4.69) is 0 Å². The van der Waals surface area contributed by atoms with Crippen molar-refractivity contribution >= 4 is 11.9 Å². The van der Waals surface area contributed by atoms with Gasteiger partial charge in [0.05, 0.1) is 12.2 Å². The summed E-state index contributed by atoms with van der Waals surface area (Å²) in [5, 5.41) is 0. The summed E-state index contributed by atoms with van der Waals surface area (Å²) in [5.41, 5.74) is 3.18. The first-order valence-electron chi connectivity index (χ1n) is 7.20. The number of cyclic esters (lactones) is 1. The van der Waals surface area contributed by atoms with Gasteiger partial charge in [-0.05, 0) is 32.0 Å². The molecular formula is C17H17NO4. The zero-order valence-electron chi connectivity index (χ0n) is 12.5. The molecule has 0 bridgehead atoms. The third-order valence-electron chi connectivity index (χ3n) is 3.80. The molecule has 0 unspecified atom stereocenters. The topological polar surface area (TPSA) is 57.5 Å². The van der Waals surface area contributed by atoms with E-state index in [0.717, 1.165) is 17.1 Å². The van der Waals surface area contributed by atoms with Crippen molar-refractivity contribution < 1.29 is 19.1 Å². The van der Waals surface area contributed by atoms with Crippen LogP contribution >= 0.6 is 0 Å². The van der Waals surface area contributed by atoms with Crippen LogP contribution in [0.2, 0.25) is 0 Å². The van der Waals surface area contributed by atoms with E-state index in [1.54, 1.807) is 6.07 Å². The molecule has 5 heteroatoms. The Kier molecular flexibility index (Phi) is 3.71. The van der Waals surface area contributed by atoms with Gasteiger partial charge < -0.3 is 14.0 Å². The third-order valence-corrected chi connectivity index (χ3v) is 3.80. The fourth-order valence-corrected chi connectivity index (χ4v) is 2.72. The van der Waals surface area contributed by atoms with E-state index in [-0.39, 0.29) is 0 Å². The van der Waals surface area contributed by atoms with E-state index in [0.29, 0.717) is 18.6 Å². The van der Waals surface area contributed by atoms with Crippen LogP contribution in [0.25, 0.3) is 5.69 Å². The maximum absolute atomic E-state index is 12.3. The van der Waals surface area contributed by atoms with Crippen molar-refractivity contribution in [1.82, 2.24) is 4.57 Å². The lowest BCUT2D eigenvalue weighted by atomic mass is 10.2. The number of nitrogens with zero attached hydrogens (tertiary/aromatic N) is 1. The summed E-state index contributed by atoms with van der Waals surface area (Å²) in [6.07, 6.45) is -0.366. The first kappa shape index (κ1) is 14.4. The maximum Gasteiger partial charge on any atom is 0.347 e. The summed E-state index contributed by atoms with van der Waals surface area (Å²) in [7, 11) is 0. The predicted octanol–water partition coefficient (Wildman–Crippen LogP) is 2.57. The second-order valence-corrected chi connectivity index (χ2v) is 5.31. The van der Waals surface area contributed by atoms with Crippen LogP contribution in [-0.4, -0.2) is 29.2 Å². The van der Waals surface area contributed by atoms with Gasteiger partial charge in [0.15, 0.2) is 0 Å². The summed E-state index contributed by atoms with van der Waals surface area (Å²) >= 11 is 0. The van der Waals surface area contributed by atoms with Crippen molar-refractivity contribution in [2.45, 2.75) is 26.4 Å². The van der Waals surface area contributed by atoms with Crippen LogP contribution in [0.3, 0.4) is 0 Å². The minimum atomic E-state index is -0.785. The lowest BCUT2D eigenvalue weighted by Crippen LogP contribution is -2.22. The van der Waals surface area contributed by atoms with E-state index in [1.165, 1.54) is 0 Å². The second-order valence-electron chi connectivity index (χ2n) is 5.31. The highest BCUT2D eigenvalue weighted by atomic mass is 16.6. The van der Waals surface area contributed by atoms with Gasteiger partial charge in [0.2, 0.25) is 6.10 Å². The largest absolute Gasteiger partial charge is 0.463 e. The molecule has 2 heterocycles. The average Bonchev–Trinajstić information content (AvgIpc) is 3.04. The van der Waals surface area contributed by atoms with Gasteiger partial charge in [-0.15, -0.1) is 0 Å². The average molecular weight is 299 g/mol. The molecule has 114 valence electrons. The third kappa shape index (κ3) is 2.50. The first-order chi connectivity index (χ1) is 10.6. The number of ether oxygens (including phenoxy) is 2. The summed E-state index contributed by atoms with van der Waals surface area (Å²) in [6, 6.07) is 11.6. The molecule has 5 nitrogen and oxygen atoms in total. The van der Waals surface area contributed by atoms with Crippen LogP contribution in [0.15, 0.2) is 36.4 Å². The predicted molar refractivity (Wildman–Crippen MR) is 80.0 cm³/mol. The number of aryl methyl sites for hydroxylation is 1. The minimum Gasteiger partial charge on any atom is -0.463 e. The fraction of sp³-hybridized carbons (Fsp3) is 0.294. The summed E-state index contributed by atoms with van der Waals surface area (Å²) in [6.45, 7) is 4.10. The Labute approximate surface area is 128 Å². The number of benzene rings is 1. The lowest BCUT2D eigenvalue weighted by molar-refractivity contribution is -0.145. The Hall–Kier alpha value is -2.56. The Morgan fingerprint density at radius 3 is 2.64 bits per heavy atom. The number of carbonyl (C=O) groups is 2. The number of hydrogen-bond donors (Lipinski definition) is 0. The fourth-order valence-electron chi connectivity index (χ4n) is 2.72. The van der Waals surface area contributed by atoms with Crippen molar-refractivity contribution in [3.63, 3.8) is 0 Å². The van der Waals surface area contributed by atoms with E-state index in [1.807, 2.05) is 48.7 Å². The van der Waals surface area contributed by atoms with Crippen molar-refractivity contribution in [3.05, 3.63) is 53.3 Å². The highest BCUT2D eigenvalue weighted by molar-refractivity contribution is 5.93. The molecule has 1 aliphatic rings. The molecule has 1 aromatic heterocycles. The zero-order chi connectivity index (χ0) is 15.7. The number of aromatic nitrogens is 1. The molecule has 1 saturated heterocycles. The number of para-hydroxylation sites is 1. The van der Waals surface area contributed by atoms with Gasteiger partial charge in [-0.3, -0.25) is 0 Å². The van der Waals surface area contributed by atoms with Crippen molar-refractivity contribution in [2.75, 3.05) is 6.61 Å². The molecule has 1 fully saturated rings. The standard InChI is InChI=1S/C17H17NO4/c1-11-10-14(16(19)22-15-8-9-21-17(15)20)12(2)18(11)13-6-4-3-5-7-13/h3-7,10,15H,8-9H2,1-2H3/t15-/m0/s1. The molecule has 0 spiro atoms. The van der Waals surface area contributed by atoms with Gasteiger partial charge in [0, 0.05) is 23.5 Å². The minimum absolute atomic E-state index is 0.305. The molecule has 22 heavy (non-hydrogen) atoms. The molecule has 0 radical (unpaired) electrons. The summed E-state index contributed by atoms with van der Waals surface area (Å²) in [5.74, 6) is -0.954. The van der Waals surface area contributed by atoms with Crippen molar-refractivity contribution in [3.8, 4) is 5.69 Å². The van der Waals surface area contributed by atoms with Gasteiger partial charge in [0.25, 0.3) is 0 Å². The molecule has 0 N–H and O–H groups in total. The molecule has 0 amide bonds. The van der Waals surface area contributed by atoms with Gasteiger partial charge in [-0.25, -0.2) is 9.59 Å². The van der Waals surface area contributed by atoms with E-state index < -0.39 is 18.0 Å². The van der Waals surface area contributed by atoms with Crippen molar-refractivity contribution in [1.29, 1.82) is 0 Å².